The molecule has 0 heterocycles. The molecule has 1 aromatic rings. The predicted molar refractivity (Wildman–Crippen MR) is 133 cm³/mol. The van der Waals surface area contributed by atoms with Crippen LogP contribution in [-0.2, 0) is 12.8 Å². The van der Waals surface area contributed by atoms with Crippen molar-refractivity contribution in [2.24, 2.45) is 17.8 Å². The molecule has 0 saturated heterocycles. The summed E-state index contributed by atoms with van der Waals surface area (Å²) in [5, 5.41) is 0. The topological polar surface area (TPSA) is 0 Å². The van der Waals surface area contributed by atoms with Gasteiger partial charge in [0.25, 0.3) is 0 Å². The highest BCUT2D eigenvalue weighted by Gasteiger charge is 2.28. The molecule has 30 heavy (non-hydrogen) atoms. The number of hydrogen-bond donors (Lipinski definition) is 0. The van der Waals surface area contributed by atoms with Gasteiger partial charge in [-0.2, -0.15) is 0 Å². The van der Waals surface area contributed by atoms with E-state index in [1.54, 1.807) is 5.57 Å². The van der Waals surface area contributed by atoms with Crippen molar-refractivity contribution >= 4 is 0 Å². The van der Waals surface area contributed by atoms with Crippen LogP contribution in [0.1, 0.15) is 121 Å². The Morgan fingerprint density at radius 1 is 0.667 bits per heavy atom. The molecule has 0 bridgehead atoms. The Balaban J connectivity index is 1.33. The van der Waals surface area contributed by atoms with Crippen molar-refractivity contribution in [1.29, 1.82) is 0 Å². The summed E-state index contributed by atoms with van der Waals surface area (Å²) in [6, 6.07) is 9.46. The van der Waals surface area contributed by atoms with Crippen LogP contribution in [-0.4, -0.2) is 0 Å². The molecule has 0 heteroatoms. The highest BCUT2D eigenvalue weighted by Crippen LogP contribution is 2.41. The maximum absolute atomic E-state index is 2.64. The van der Waals surface area contributed by atoms with E-state index in [-0.39, 0.29) is 0 Å². The summed E-state index contributed by atoms with van der Waals surface area (Å²) in [4.78, 5) is 0. The third-order valence-electron chi connectivity index (χ3n) is 8.15. The molecule has 1 unspecified atom stereocenters. The quantitative estimate of drug-likeness (QED) is 0.238. The first-order chi connectivity index (χ1) is 14.8. The van der Waals surface area contributed by atoms with E-state index in [1.807, 2.05) is 0 Å². The zero-order valence-corrected chi connectivity index (χ0v) is 20.1. The second-order valence-corrected chi connectivity index (χ2v) is 10.4. The normalized spacial score (nSPS) is 24.6. The summed E-state index contributed by atoms with van der Waals surface area (Å²) >= 11 is 0. The first-order valence-electron chi connectivity index (χ1n) is 13.5. The average Bonchev–Trinajstić information content (AvgIpc) is 2.81. The van der Waals surface area contributed by atoms with Gasteiger partial charge in [0.1, 0.15) is 0 Å². The summed E-state index contributed by atoms with van der Waals surface area (Å²) < 4.78 is 0. The van der Waals surface area contributed by atoms with Crippen LogP contribution in [0.15, 0.2) is 35.9 Å². The lowest BCUT2D eigenvalue weighted by atomic mass is 9.70. The van der Waals surface area contributed by atoms with E-state index in [1.165, 1.54) is 120 Å². The molecule has 2 aliphatic rings. The zero-order valence-electron chi connectivity index (χ0n) is 20.1. The van der Waals surface area contributed by atoms with Gasteiger partial charge in [0, 0.05) is 0 Å². The van der Waals surface area contributed by atoms with E-state index in [2.05, 4.69) is 44.2 Å². The molecule has 1 saturated carbocycles. The Morgan fingerprint density at radius 3 is 2.00 bits per heavy atom. The maximum atomic E-state index is 2.64. The number of rotatable bonds is 12. The highest BCUT2D eigenvalue weighted by molar-refractivity contribution is 5.24. The second-order valence-electron chi connectivity index (χ2n) is 10.4. The second kappa shape index (κ2) is 13.4. The Morgan fingerprint density at radius 2 is 1.37 bits per heavy atom. The predicted octanol–water partition coefficient (Wildman–Crippen LogP) is 9.47. The van der Waals surface area contributed by atoms with E-state index < -0.39 is 0 Å². The van der Waals surface area contributed by atoms with Gasteiger partial charge < -0.3 is 0 Å². The number of allylic oxidation sites excluding steroid dienone is 2. The molecule has 0 spiro atoms. The molecule has 1 aromatic carbocycles. The van der Waals surface area contributed by atoms with Crippen LogP contribution >= 0.6 is 0 Å². The van der Waals surface area contributed by atoms with Gasteiger partial charge in [0.2, 0.25) is 0 Å². The van der Waals surface area contributed by atoms with Gasteiger partial charge >= 0.3 is 0 Å². The van der Waals surface area contributed by atoms with E-state index in [9.17, 15) is 0 Å². The molecular weight excluding hydrogens is 360 g/mol. The SMILES string of the molecule is CCCCCC[C@H]1CC[C@H](C2CC=C(CCc3ccc(CCCC)cc3)CC2)CC1. The fourth-order valence-electron chi connectivity index (χ4n) is 5.93. The Kier molecular flexibility index (Phi) is 10.5. The fourth-order valence-corrected chi connectivity index (χ4v) is 5.93. The molecule has 0 amide bonds. The summed E-state index contributed by atoms with van der Waals surface area (Å²) in [5.41, 5.74) is 4.78. The lowest BCUT2D eigenvalue weighted by Crippen LogP contribution is -2.23. The number of benzene rings is 1. The molecule has 0 aliphatic heterocycles. The van der Waals surface area contributed by atoms with Crippen molar-refractivity contribution < 1.29 is 0 Å². The van der Waals surface area contributed by atoms with Gasteiger partial charge in [-0.15, -0.1) is 0 Å². The summed E-state index contributed by atoms with van der Waals surface area (Å²) in [5.74, 6) is 3.08. The molecule has 0 radical (unpaired) electrons. The Labute approximate surface area is 187 Å². The Hall–Kier alpha value is -1.04. The van der Waals surface area contributed by atoms with Crippen molar-refractivity contribution in [2.45, 2.75) is 123 Å². The van der Waals surface area contributed by atoms with Crippen molar-refractivity contribution in [3.8, 4) is 0 Å². The molecular formula is C30H48. The van der Waals surface area contributed by atoms with E-state index >= 15 is 0 Å². The standard InChI is InChI=1S/C30H48/c1-3-5-7-8-10-26-17-21-29(22-18-26)30-23-19-28(20-24-30)16-15-27-13-11-25(12-14-27)9-6-4-2/h11-14,19,26,29-30H,3-10,15-18,20-24H2,1-2H3/t26-,29-,30?. The zero-order chi connectivity index (χ0) is 21.0. The van der Waals surface area contributed by atoms with Gasteiger partial charge in [0.15, 0.2) is 0 Å². The largest absolute Gasteiger partial charge is 0.0850 e. The van der Waals surface area contributed by atoms with Crippen LogP contribution in [0.4, 0.5) is 0 Å². The number of unbranched alkanes of at least 4 members (excludes halogenated alkanes) is 4. The van der Waals surface area contributed by atoms with Gasteiger partial charge in [-0.3, -0.25) is 0 Å². The molecule has 0 N–H and O–H groups in total. The van der Waals surface area contributed by atoms with Crippen LogP contribution in [0.25, 0.3) is 0 Å². The minimum absolute atomic E-state index is 0.993. The number of hydrogen-bond acceptors (Lipinski definition) is 0. The van der Waals surface area contributed by atoms with Crippen LogP contribution in [0.2, 0.25) is 0 Å². The molecule has 0 aromatic heterocycles. The molecule has 3 rings (SSSR count). The van der Waals surface area contributed by atoms with Gasteiger partial charge in [-0.1, -0.05) is 101 Å². The summed E-state index contributed by atoms with van der Waals surface area (Å²) in [6.07, 6.45) is 26.6. The fraction of sp³-hybridized carbons (Fsp3) is 0.733. The van der Waals surface area contributed by atoms with Crippen molar-refractivity contribution in [3.05, 3.63) is 47.0 Å². The summed E-state index contributed by atoms with van der Waals surface area (Å²) in [6.45, 7) is 4.60. The smallest absolute Gasteiger partial charge is 0.0241 e. The molecule has 1 atom stereocenters. The third-order valence-corrected chi connectivity index (χ3v) is 8.15. The van der Waals surface area contributed by atoms with Crippen LogP contribution in [0.5, 0.6) is 0 Å². The maximum Gasteiger partial charge on any atom is -0.0241 e. The van der Waals surface area contributed by atoms with Crippen molar-refractivity contribution in [3.63, 3.8) is 0 Å². The van der Waals surface area contributed by atoms with Crippen LogP contribution < -0.4 is 0 Å². The number of aryl methyl sites for hydroxylation is 2. The van der Waals surface area contributed by atoms with Crippen molar-refractivity contribution in [2.75, 3.05) is 0 Å². The molecule has 0 nitrogen and oxygen atoms in total. The van der Waals surface area contributed by atoms with Crippen molar-refractivity contribution in [1.82, 2.24) is 0 Å². The molecule has 2 aliphatic carbocycles. The lowest BCUT2D eigenvalue weighted by Gasteiger charge is -2.35. The monoisotopic (exact) mass is 408 g/mol. The minimum Gasteiger partial charge on any atom is -0.0850 e. The molecule has 168 valence electrons. The van der Waals surface area contributed by atoms with E-state index in [0.29, 0.717) is 0 Å². The minimum atomic E-state index is 0.993. The van der Waals surface area contributed by atoms with Gasteiger partial charge in [0.05, 0.1) is 0 Å². The molecule has 1 fully saturated rings. The first-order valence-corrected chi connectivity index (χ1v) is 13.5. The third kappa shape index (κ3) is 7.90. The first kappa shape index (κ1) is 23.6. The van der Waals surface area contributed by atoms with Crippen LogP contribution in [0, 0.1) is 17.8 Å². The highest BCUT2D eigenvalue weighted by atomic mass is 14.3. The van der Waals surface area contributed by atoms with Gasteiger partial charge in [-0.05, 0) is 86.7 Å². The van der Waals surface area contributed by atoms with Gasteiger partial charge in [-0.25, -0.2) is 0 Å². The van der Waals surface area contributed by atoms with E-state index in [4.69, 9.17) is 0 Å². The van der Waals surface area contributed by atoms with Crippen LogP contribution in [0.3, 0.4) is 0 Å². The Bertz CT molecular complexity index is 599. The van der Waals surface area contributed by atoms with E-state index in [0.717, 1.165) is 17.8 Å². The lowest BCUT2D eigenvalue weighted by molar-refractivity contribution is 0.185. The summed E-state index contributed by atoms with van der Waals surface area (Å²) in [7, 11) is 0. The average molecular weight is 409 g/mol.